The molecule has 0 bridgehead atoms. The van der Waals surface area contributed by atoms with E-state index in [1.54, 1.807) is 0 Å². The number of thiol groups is 1. The van der Waals surface area contributed by atoms with Gasteiger partial charge in [0, 0.05) is 15.5 Å². The van der Waals surface area contributed by atoms with Crippen LogP contribution in [0.25, 0.3) is 0 Å². The van der Waals surface area contributed by atoms with Gasteiger partial charge in [-0.1, -0.05) is 46.3 Å². The Bertz CT molecular complexity index is 560. The average Bonchev–Trinajstić information content (AvgIpc) is 2.71. The van der Waals surface area contributed by atoms with Crippen LogP contribution in [0.3, 0.4) is 0 Å². The number of hydrogen-bond donors (Lipinski definition) is 1. The lowest BCUT2D eigenvalue weighted by atomic mass is 10.2. The highest BCUT2D eigenvalue weighted by Crippen LogP contribution is 2.37. The first-order chi connectivity index (χ1) is 7.81. The SMILES string of the molecule is O=[SH]1(c2ccccc2)CCc2ccccc21. The normalized spacial score (nSPS) is 19.0. The molecule has 1 heterocycles. The van der Waals surface area contributed by atoms with E-state index < -0.39 is 9.93 Å². The van der Waals surface area contributed by atoms with Gasteiger partial charge in [0.2, 0.25) is 0 Å². The molecule has 3 rings (SSSR count). The van der Waals surface area contributed by atoms with Gasteiger partial charge in [-0.05, 0) is 30.2 Å². The van der Waals surface area contributed by atoms with Crippen LogP contribution in [0.1, 0.15) is 5.56 Å². The highest BCUT2D eigenvalue weighted by molar-refractivity contribution is 8.03. The summed E-state index contributed by atoms with van der Waals surface area (Å²) in [7, 11) is -2.31. The maximum Gasteiger partial charge on any atom is 0.0220 e. The maximum atomic E-state index is 13.0. The quantitative estimate of drug-likeness (QED) is 0.745. The van der Waals surface area contributed by atoms with Crippen LogP contribution in [-0.2, 0) is 16.4 Å². The third kappa shape index (κ3) is 1.34. The van der Waals surface area contributed by atoms with Crippen molar-refractivity contribution in [1.82, 2.24) is 0 Å². The van der Waals surface area contributed by atoms with E-state index in [2.05, 4.69) is 6.07 Å². The lowest BCUT2D eigenvalue weighted by molar-refractivity contribution is 0.673. The van der Waals surface area contributed by atoms with E-state index in [-0.39, 0.29) is 0 Å². The topological polar surface area (TPSA) is 17.1 Å². The Morgan fingerprint density at radius 1 is 0.875 bits per heavy atom. The van der Waals surface area contributed by atoms with E-state index >= 15 is 0 Å². The van der Waals surface area contributed by atoms with Gasteiger partial charge in [-0.3, -0.25) is 4.21 Å². The summed E-state index contributed by atoms with van der Waals surface area (Å²) in [6.45, 7) is 0. The summed E-state index contributed by atoms with van der Waals surface area (Å²) in [5.41, 5.74) is 1.26. The second-order valence-corrected chi connectivity index (χ2v) is 7.10. The van der Waals surface area contributed by atoms with Crippen molar-refractivity contribution in [2.75, 3.05) is 5.75 Å². The van der Waals surface area contributed by atoms with Gasteiger partial charge in [-0.25, -0.2) is 0 Å². The van der Waals surface area contributed by atoms with Gasteiger partial charge in [0.25, 0.3) is 0 Å². The Kier molecular flexibility index (Phi) is 2.18. The van der Waals surface area contributed by atoms with Crippen molar-refractivity contribution in [1.29, 1.82) is 0 Å². The molecule has 0 N–H and O–H groups in total. The van der Waals surface area contributed by atoms with Crippen molar-refractivity contribution < 1.29 is 4.21 Å². The molecular formula is C14H14OS. The maximum absolute atomic E-state index is 13.0. The molecule has 0 radical (unpaired) electrons. The fraction of sp³-hybridized carbons (Fsp3) is 0.143. The Labute approximate surface area is 96.6 Å². The molecule has 0 atom stereocenters. The molecule has 2 aromatic carbocycles. The monoisotopic (exact) mass is 230 g/mol. The molecular weight excluding hydrogens is 216 g/mol. The Hall–Kier alpha value is -1.41. The minimum absolute atomic E-state index is 0.788. The van der Waals surface area contributed by atoms with Crippen LogP contribution in [0, 0.1) is 0 Å². The minimum atomic E-state index is -2.31. The van der Waals surface area contributed by atoms with Gasteiger partial charge in [0.15, 0.2) is 0 Å². The second kappa shape index (κ2) is 3.56. The number of rotatable bonds is 1. The third-order valence-corrected chi connectivity index (χ3v) is 6.45. The van der Waals surface area contributed by atoms with Crippen LogP contribution in [0.2, 0.25) is 0 Å². The summed E-state index contributed by atoms with van der Waals surface area (Å²) < 4.78 is 13.0. The first-order valence-electron chi connectivity index (χ1n) is 5.54. The van der Waals surface area contributed by atoms with Gasteiger partial charge in [0.1, 0.15) is 0 Å². The molecule has 2 aromatic rings. The van der Waals surface area contributed by atoms with E-state index in [1.807, 2.05) is 48.5 Å². The van der Waals surface area contributed by atoms with Gasteiger partial charge in [-0.2, -0.15) is 0 Å². The molecule has 0 fully saturated rings. The zero-order chi connectivity index (χ0) is 11.0. The highest BCUT2D eigenvalue weighted by atomic mass is 32.2. The predicted molar refractivity (Wildman–Crippen MR) is 67.5 cm³/mol. The lowest BCUT2D eigenvalue weighted by Gasteiger charge is -2.19. The van der Waals surface area contributed by atoms with E-state index in [1.165, 1.54) is 5.56 Å². The van der Waals surface area contributed by atoms with Crippen molar-refractivity contribution in [2.24, 2.45) is 0 Å². The third-order valence-electron chi connectivity index (χ3n) is 3.25. The summed E-state index contributed by atoms with van der Waals surface area (Å²) >= 11 is 0. The molecule has 0 aliphatic carbocycles. The standard InChI is InChI=1S/C14H14OS/c15-16(13-7-2-1-3-8-13)11-10-12-6-4-5-9-14(12)16/h1-9,16H,10-11H2. The molecule has 1 aliphatic rings. The molecule has 16 heavy (non-hydrogen) atoms. The van der Waals surface area contributed by atoms with Crippen LogP contribution >= 0.6 is 0 Å². The predicted octanol–water partition coefficient (Wildman–Crippen LogP) is 2.68. The van der Waals surface area contributed by atoms with E-state index in [4.69, 9.17) is 0 Å². The summed E-state index contributed by atoms with van der Waals surface area (Å²) in [5.74, 6) is 0.788. The smallest absolute Gasteiger partial charge is 0.0220 e. The van der Waals surface area contributed by atoms with E-state index in [0.717, 1.165) is 22.0 Å². The van der Waals surface area contributed by atoms with Crippen LogP contribution < -0.4 is 0 Å². The zero-order valence-corrected chi connectivity index (χ0v) is 9.86. The number of fused-ring (bicyclic) bond motifs is 1. The van der Waals surface area contributed by atoms with Gasteiger partial charge in [0.05, 0.1) is 0 Å². The average molecular weight is 230 g/mol. The molecule has 0 amide bonds. The van der Waals surface area contributed by atoms with E-state index in [9.17, 15) is 4.21 Å². The first kappa shape index (κ1) is 9.79. The number of hydrogen-bond acceptors (Lipinski definition) is 1. The molecule has 0 spiro atoms. The minimum Gasteiger partial charge on any atom is -0.276 e. The summed E-state index contributed by atoms with van der Waals surface area (Å²) in [6.07, 6.45) is 0.947. The molecule has 0 saturated carbocycles. The Balaban J connectivity index is 2.20. The molecule has 0 saturated heterocycles. The molecule has 0 unspecified atom stereocenters. The van der Waals surface area contributed by atoms with Crippen molar-refractivity contribution in [2.45, 2.75) is 16.2 Å². The second-order valence-electron chi connectivity index (χ2n) is 4.18. The Morgan fingerprint density at radius 3 is 2.38 bits per heavy atom. The summed E-state index contributed by atoms with van der Waals surface area (Å²) in [6, 6.07) is 18.0. The largest absolute Gasteiger partial charge is 0.276 e. The van der Waals surface area contributed by atoms with Gasteiger partial charge >= 0.3 is 0 Å². The molecule has 0 aromatic heterocycles. The first-order valence-corrected chi connectivity index (χ1v) is 7.43. The van der Waals surface area contributed by atoms with Gasteiger partial charge in [-0.15, -0.1) is 0 Å². The van der Waals surface area contributed by atoms with Crippen molar-refractivity contribution >= 4 is 9.93 Å². The molecule has 2 heteroatoms. The molecule has 1 aliphatic heterocycles. The number of benzene rings is 2. The summed E-state index contributed by atoms with van der Waals surface area (Å²) in [4.78, 5) is 2.07. The van der Waals surface area contributed by atoms with Crippen molar-refractivity contribution in [3.8, 4) is 0 Å². The highest BCUT2D eigenvalue weighted by Gasteiger charge is 2.28. The Morgan fingerprint density at radius 2 is 1.56 bits per heavy atom. The zero-order valence-electron chi connectivity index (χ0n) is 8.97. The van der Waals surface area contributed by atoms with Crippen molar-refractivity contribution in [3.05, 3.63) is 60.2 Å². The fourth-order valence-electron chi connectivity index (χ4n) is 2.41. The van der Waals surface area contributed by atoms with Gasteiger partial charge < -0.3 is 0 Å². The van der Waals surface area contributed by atoms with E-state index in [0.29, 0.717) is 0 Å². The fourth-order valence-corrected chi connectivity index (χ4v) is 5.37. The molecule has 1 nitrogen and oxygen atoms in total. The van der Waals surface area contributed by atoms with Crippen LogP contribution in [-0.4, -0.2) is 9.96 Å². The number of aryl methyl sites for hydroxylation is 1. The summed E-state index contributed by atoms with van der Waals surface area (Å²) in [5, 5.41) is 0. The van der Waals surface area contributed by atoms with Crippen LogP contribution in [0.5, 0.6) is 0 Å². The molecule has 82 valence electrons. The lowest BCUT2D eigenvalue weighted by Crippen LogP contribution is -2.12. The van der Waals surface area contributed by atoms with Crippen molar-refractivity contribution in [3.63, 3.8) is 0 Å². The van der Waals surface area contributed by atoms with Crippen LogP contribution in [0.4, 0.5) is 0 Å². The van der Waals surface area contributed by atoms with Crippen LogP contribution in [0.15, 0.2) is 64.4 Å².